The molecule has 0 atom stereocenters. The summed E-state index contributed by atoms with van der Waals surface area (Å²) in [6, 6.07) is 11.0. The highest BCUT2D eigenvalue weighted by molar-refractivity contribution is 7.98. The molecule has 3 aromatic rings. The lowest BCUT2D eigenvalue weighted by Gasteiger charge is -2.05. The number of halogens is 3. The first-order valence-corrected chi connectivity index (χ1v) is 7.94. The summed E-state index contributed by atoms with van der Waals surface area (Å²) < 4.78 is 28.1. The molecule has 1 aromatic heterocycles. The van der Waals surface area contributed by atoms with E-state index in [1.807, 2.05) is 0 Å². The largest absolute Gasteiger partial charge is 0.335 e. The van der Waals surface area contributed by atoms with Gasteiger partial charge in [-0.2, -0.15) is 0 Å². The van der Waals surface area contributed by atoms with Crippen LogP contribution in [0.2, 0.25) is 5.02 Å². The van der Waals surface area contributed by atoms with Gasteiger partial charge in [0.25, 0.3) is 0 Å². The summed E-state index contributed by atoms with van der Waals surface area (Å²) in [6.45, 7) is 0. The maximum absolute atomic E-state index is 13.6. The Morgan fingerprint density at radius 2 is 1.83 bits per heavy atom. The molecule has 0 fully saturated rings. The zero-order valence-electron chi connectivity index (χ0n) is 11.7. The van der Waals surface area contributed by atoms with Crippen molar-refractivity contribution in [2.45, 2.75) is 10.9 Å². The van der Waals surface area contributed by atoms with Gasteiger partial charge in [0.2, 0.25) is 5.16 Å². The quantitative estimate of drug-likeness (QED) is 0.572. The van der Waals surface area contributed by atoms with Crippen LogP contribution in [0.25, 0.3) is 11.4 Å². The fraction of sp³-hybridized carbons (Fsp3) is 0.0667. The van der Waals surface area contributed by atoms with Gasteiger partial charge in [-0.25, -0.2) is 13.5 Å². The summed E-state index contributed by atoms with van der Waals surface area (Å²) in [7, 11) is 0. The van der Waals surface area contributed by atoms with Crippen LogP contribution in [-0.2, 0) is 5.75 Å². The standard InChI is InChI=1S/C15H11ClF2N4S/c16-11-6-4-9(5-7-11)14-20-21-15(22(14)19)23-8-10-2-1-3-12(17)13(10)18/h1-7H,8,19H2. The lowest BCUT2D eigenvalue weighted by molar-refractivity contribution is 0.502. The van der Waals surface area contributed by atoms with E-state index in [9.17, 15) is 8.78 Å². The first-order chi connectivity index (χ1) is 11.1. The molecular formula is C15H11ClF2N4S. The normalized spacial score (nSPS) is 10.9. The Balaban J connectivity index is 1.80. The molecular weight excluding hydrogens is 342 g/mol. The maximum Gasteiger partial charge on any atom is 0.210 e. The lowest BCUT2D eigenvalue weighted by Crippen LogP contribution is -2.11. The maximum atomic E-state index is 13.6. The minimum Gasteiger partial charge on any atom is -0.335 e. The van der Waals surface area contributed by atoms with E-state index in [0.29, 0.717) is 16.0 Å². The molecule has 23 heavy (non-hydrogen) atoms. The third kappa shape index (κ3) is 3.30. The smallest absolute Gasteiger partial charge is 0.210 e. The Morgan fingerprint density at radius 1 is 1.09 bits per heavy atom. The van der Waals surface area contributed by atoms with Crippen molar-refractivity contribution in [1.82, 2.24) is 14.9 Å². The van der Waals surface area contributed by atoms with Gasteiger partial charge < -0.3 is 5.84 Å². The summed E-state index contributed by atoms with van der Waals surface area (Å²) in [6.07, 6.45) is 0. The zero-order chi connectivity index (χ0) is 16.4. The van der Waals surface area contributed by atoms with Crippen molar-refractivity contribution in [3.63, 3.8) is 0 Å². The number of rotatable bonds is 4. The molecule has 118 valence electrons. The molecule has 0 aliphatic carbocycles. The van der Waals surface area contributed by atoms with Gasteiger partial charge in [0, 0.05) is 21.9 Å². The van der Waals surface area contributed by atoms with E-state index in [0.717, 1.165) is 11.6 Å². The van der Waals surface area contributed by atoms with Crippen LogP contribution >= 0.6 is 23.4 Å². The summed E-state index contributed by atoms with van der Waals surface area (Å²) in [5, 5.41) is 9.01. The molecule has 0 aliphatic heterocycles. The number of nitrogens with two attached hydrogens (primary N) is 1. The van der Waals surface area contributed by atoms with Crippen molar-refractivity contribution in [2.24, 2.45) is 0 Å². The van der Waals surface area contributed by atoms with Crippen molar-refractivity contribution in [1.29, 1.82) is 0 Å². The number of benzene rings is 2. The van der Waals surface area contributed by atoms with E-state index >= 15 is 0 Å². The number of nitrogen functional groups attached to an aromatic ring is 1. The van der Waals surface area contributed by atoms with Crippen LogP contribution in [0.5, 0.6) is 0 Å². The fourth-order valence-electron chi connectivity index (χ4n) is 1.97. The van der Waals surface area contributed by atoms with Crippen molar-refractivity contribution >= 4 is 23.4 Å². The van der Waals surface area contributed by atoms with Crippen LogP contribution in [0, 0.1) is 11.6 Å². The summed E-state index contributed by atoms with van der Waals surface area (Å²) >= 11 is 7.02. The number of nitrogens with zero attached hydrogens (tertiary/aromatic N) is 3. The van der Waals surface area contributed by atoms with E-state index in [-0.39, 0.29) is 11.3 Å². The molecule has 0 aliphatic rings. The highest BCUT2D eigenvalue weighted by atomic mass is 35.5. The first kappa shape index (κ1) is 15.8. The highest BCUT2D eigenvalue weighted by Gasteiger charge is 2.14. The second-order valence-electron chi connectivity index (χ2n) is 4.68. The Bertz CT molecular complexity index is 836. The Labute approximate surface area is 140 Å². The van der Waals surface area contributed by atoms with E-state index in [1.165, 1.54) is 28.6 Å². The van der Waals surface area contributed by atoms with Crippen LogP contribution < -0.4 is 5.84 Å². The lowest BCUT2D eigenvalue weighted by atomic mass is 10.2. The van der Waals surface area contributed by atoms with Gasteiger partial charge in [0.1, 0.15) is 0 Å². The monoisotopic (exact) mass is 352 g/mol. The van der Waals surface area contributed by atoms with Crippen LogP contribution in [-0.4, -0.2) is 14.9 Å². The average molecular weight is 353 g/mol. The predicted octanol–water partition coefficient (Wildman–Crippen LogP) is 3.88. The Hall–Kier alpha value is -2.12. The van der Waals surface area contributed by atoms with Crippen molar-refractivity contribution in [3.8, 4) is 11.4 Å². The molecule has 8 heteroatoms. The van der Waals surface area contributed by atoms with Crippen molar-refractivity contribution in [3.05, 3.63) is 64.7 Å². The van der Waals surface area contributed by atoms with E-state index < -0.39 is 11.6 Å². The van der Waals surface area contributed by atoms with Crippen LogP contribution in [0.15, 0.2) is 47.6 Å². The molecule has 2 aromatic carbocycles. The average Bonchev–Trinajstić information content (AvgIpc) is 2.91. The van der Waals surface area contributed by atoms with Gasteiger partial charge in [0.15, 0.2) is 17.5 Å². The summed E-state index contributed by atoms with van der Waals surface area (Å²) in [4.78, 5) is 0. The molecule has 0 saturated heterocycles. The highest BCUT2D eigenvalue weighted by Crippen LogP contribution is 2.26. The van der Waals surface area contributed by atoms with Gasteiger partial charge in [0.05, 0.1) is 0 Å². The molecule has 1 heterocycles. The van der Waals surface area contributed by atoms with Gasteiger partial charge in [-0.15, -0.1) is 10.2 Å². The molecule has 0 spiro atoms. The van der Waals surface area contributed by atoms with E-state index in [4.69, 9.17) is 17.4 Å². The summed E-state index contributed by atoms with van der Waals surface area (Å²) in [5.41, 5.74) is 0.999. The number of hydrogen-bond acceptors (Lipinski definition) is 4. The minimum atomic E-state index is -0.876. The van der Waals surface area contributed by atoms with Gasteiger partial charge in [-0.1, -0.05) is 35.5 Å². The first-order valence-electron chi connectivity index (χ1n) is 6.58. The fourth-order valence-corrected chi connectivity index (χ4v) is 2.93. The zero-order valence-corrected chi connectivity index (χ0v) is 13.3. The van der Waals surface area contributed by atoms with Crippen LogP contribution in [0.1, 0.15) is 5.56 Å². The second kappa shape index (κ2) is 6.55. The third-order valence-electron chi connectivity index (χ3n) is 3.16. The van der Waals surface area contributed by atoms with Crippen LogP contribution in [0.3, 0.4) is 0 Å². The molecule has 3 rings (SSSR count). The number of aromatic nitrogens is 3. The molecule has 2 N–H and O–H groups in total. The molecule has 0 unspecified atom stereocenters. The molecule has 0 radical (unpaired) electrons. The van der Waals surface area contributed by atoms with Gasteiger partial charge in [-0.05, 0) is 30.3 Å². The van der Waals surface area contributed by atoms with Crippen molar-refractivity contribution < 1.29 is 8.78 Å². The molecule has 4 nitrogen and oxygen atoms in total. The van der Waals surface area contributed by atoms with E-state index in [2.05, 4.69) is 10.2 Å². The van der Waals surface area contributed by atoms with Gasteiger partial charge in [-0.3, -0.25) is 0 Å². The second-order valence-corrected chi connectivity index (χ2v) is 6.06. The van der Waals surface area contributed by atoms with Crippen molar-refractivity contribution in [2.75, 3.05) is 5.84 Å². The summed E-state index contributed by atoms with van der Waals surface area (Å²) in [5.74, 6) is 4.90. The van der Waals surface area contributed by atoms with Crippen LogP contribution in [0.4, 0.5) is 8.78 Å². The topological polar surface area (TPSA) is 56.7 Å². The molecule has 0 amide bonds. The number of hydrogen-bond donors (Lipinski definition) is 1. The SMILES string of the molecule is Nn1c(SCc2cccc(F)c2F)nnc1-c1ccc(Cl)cc1. The molecule has 0 bridgehead atoms. The Kier molecular flexibility index (Phi) is 4.49. The van der Waals surface area contributed by atoms with E-state index in [1.54, 1.807) is 24.3 Å². The minimum absolute atomic E-state index is 0.194. The number of thioether (sulfide) groups is 1. The third-order valence-corrected chi connectivity index (χ3v) is 4.40. The molecule has 0 saturated carbocycles. The predicted molar refractivity (Wildman–Crippen MR) is 86.5 cm³/mol. The van der Waals surface area contributed by atoms with Gasteiger partial charge >= 0.3 is 0 Å². The Morgan fingerprint density at radius 3 is 2.57 bits per heavy atom.